The summed E-state index contributed by atoms with van der Waals surface area (Å²) in [5, 5.41) is 0.525. The zero-order chi connectivity index (χ0) is 20.1. The maximum absolute atomic E-state index is 13.0. The summed E-state index contributed by atoms with van der Waals surface area (Å²) < 4.78 is 10.8. The van der Waals surface area contributed by atoms with Crippen molar-refractivity contribution in [1.29, 1.82) is 0 Å². The molecule has 1 aromatic heterocycles. The second kappa shape index (κ2) is 8.56. The minimum atomic E-state index is -0.216. The minimum Gasteiger partial charge on any atom is -0.493 e. The molecule has 0 aliphatic heterocycles. The number of H-pyrrole nitrogens is 1. The number of hydrogen-bond donors (Lipinski definition) is 1. The number of carbonyl (C=O) groups excluding carboxylic acids is 1. The van der Waals surface area contributed by atoms with E-state index in [0.29, 0.717) is 46.9 Å². The van der Waals surface area contributed by atoms with E-state index in [1.54, 1.807) is 41.3 Å². The lowest BCUT2D eigenvalue weighted by Crippen LogP contribution is -2.32. The number of benzene rings is 2. The van der Waals surface area contributed by atoms with Gasteiger partial charge in [-0.05, 0) is 44.2 Å². The molecule has 0 radical (unpaired) electrons. The van der Waals surface area contributed by atoms with Crippen LogP contribution in [-0.4, -0.2) is 41.0 Å². The van der Waals surface area contributed by atoms with Gasteiger partial charge in [0.1, 0.15) is 5.82 Å². The Kier molecular flexibility index (Phi) is 5.93. The average Bonchev–Trinajstić information content (AvgIpc) is 2.72. The molecular weight excluding hydrogens is 358 g/mol. The van der Waals surface area contributed by atoms with Crippen molar-refractivity contribution in [3.63, 3.8) is 0 Å². The van der Waals surface area contributed by atoms with Crippen LogP contribution in [0.1, 0.15) is 30.0 Å². The molecule has 1 heterocycles. The van der Waals surface area contributed by atoms with Crippen LogP contribution in [0.3, 0.4) is 0 Å². The molecule has 2 aromatic carbocycles. The third-order valence-electron chi connectivity index (χ3n) is 4.38. The van der Waals surface area contributed by atoms with E-state index in [4.69, 9.17) is 9.47 Å². The van der Waals surface area contributed by atoms with Crippen molar-refractivity contribution < 1.29 is 14.3 Å². The minimum absolute atomic E-state index is 0.181. The van der Waals surface area contributed by atoms with Crippen molar-refractivity contribution in [3.05, 3.63) is 64.2 Å². The molecule has 28 heavy (non-hydrogen) atoms. The Morgan fingerprint density at radius 2 is 1.93 bits per heavy atom. The number of carbonyl (C=O) groups is 1. The molecule has 146 valence electrons. The van der Waals surface area contributed by atoms with E-state index >= 15 is 0 Å². The highest BCUT2D eigenvalue weighted by Crippen LogP contribution is 2.28. The number of aromatic nitrogens is 2. The summed E-state index contributed by atoms with van der Waals surface area (Å²) in [4.78, 5) is 34.1. The average molecular weight is 381 g/mol. The van der Waals surface area contributed by atoms with Gasteiger partial charge in [-0.1, -0.05) is 12.1 Å². The number of ether oxygens (including phenoxy) is 2. The molecule has 0 saturated carbocycles. The molecule has 0 aliphatic carbocycles. The van der Waals surface area contributed by atoms with Gasteiger partial charge in [-0.25, -0.2) is 4.98 Å². The first-order valence-corrected chi connectivity index (χ1v) is 9.15. The predicted molar refractivity (Wildman–Crippen MR) is 107 cm³/mol. The highest BCUT2D eigenvalue weighted by Gasteiger charge is 2.18. The molecule has 7 heteroatoms. The van der Waals surface area contributed by atoms with Crippen LogP contribution >= 0.6 is 0 Å². The molecule has 0 fully saturated rings. The summed E-state index contributed by atoms with van der Waals surface area (Å²) in [6.07, 6.45) is 0. The fraction of sp³-hybridized carbons (Fsp3) is 0.286. The van der Waals surface area contributed by atoms with Gasteiger partial charge in [0.25, 0.3) is 11.5 Å². The number of methoxy groups -OCH3 is 1. The van der Waals surface area contributed by atoms with Gasteiger partial charge in [0.15, 0.2) is 11.5 Å². The summed E-state index contributed by atoms with van der Waals surface area (Å²) in [7, 11) is 1.54. The van der Waals surface area contributed by atoms with E-state index in [9.17, 15) is 9.59 Å². The first-order chi connectivity index (χ1) is 13.6. The van der Waals surface area contributed by atoms with Gasteiger partial charge in [0, 0.05) is 12.1 Å². The van der Waals surface area contributed by atoms with E-state index in [1.165, 1.54) is 7.11 Å². The number of rotatable bonds is 7. The van der Waals surface area contributed by atoms with Crippen molar-refractivity contribution in [1.82, 2.24) is 14.9 Å². The second-order valence-electron chi connectivity index (χ2n) is 6.15. The molecule has 1 amide bonds. The molecular formula is C21H23N3O4. The summed E-state index contributed by atoms with van der Waals surface area (Å²) in [5.74, 6) is 1.35. The third-order valence-corrected chi connectivity index (χ3v) is 4.38. The highest BCUT2D eigenvalue weighted by molar-refractivity contribution is 5.95. The number of nitrogens with one attached hydrogen (secondary N) is 1. The number of amides is 1. The zero-order valence-electron chi connectivity index (χ0n) is 16.2. The van der Waals surface area contributed by atoms with Crippen LogP contribution in [0.2, 0.25) is 0 Å². The quantitative estimate of drug-likeness (QED) is 0.680. The molecule has 0 spiro atoms. The number of hydrogen-bond acceptors (Lipinski definition) is 5. The normalized spacial score (nSPS) is 10.7. The van der Waals surface area contributed by atoms with Crippen molar-refractivity contribution in [3.8, 4) is 11.5 Å². The number of aromatic amines is 1. The summed E-state index contributed by atoms with van der Waals surface area (Å²) in [5.41, 5.74) is 0.865. The maximum atomic E-state index is 13.0. The van der Waals surface area contributed by atoms with Gasteiger partial charge in [-0.15, -0.1) is 0 Å². The second-order valence-corrected chi connectivity index (χ2v) is 6.15. The Morgan fingerprint density at radius 1 is 1.14 bits per heavy atom. The SMILES string of the molecule is CCOc1ccc(C(=O)N(CC)Cc2nc3ccccc3c(=O)[nH]2)cc1OC. The third kappa shape index (κ3) is 3.98. The first kappa shape index (κ1) is 19.4. The maximum Gasteiger partial charge on any atom is 0.258 e. The number of para-hydroxylation sites is 1. The standard InChI is InChI=1S/C21H23N3O4/c1-4-24(13-19-22-16-9-7-6-8-15(16)20(25)23-19)21(26)14-10-11-17(28-5-2)18(12-14)27-3/h6-12H,4-5,13H2,1-3H3,(H,22,23,25). The van der Waals surface area contributed by atoms with Crippen molar-refractivity contribution in [2.45, 2.75) is 20.4 Å². The lowest BCUT2D eigenvalue weighted by atomic mass is 10.1. The van der Waals surface area contributed by atoms with Gasteiger partial charge in [0.05, 0.1) is 31.2 Å². The lowest BCUT2D eigenvalue weighted by molar-refractivity contribution is 0.0748. The molecule has 3 aromatic rings. The fourth-order valence-electron chi connectivity index (χ4n) is 2.98. The van der Waals surface area contributed by atoms with Crippen molar-refractivity contribution in [2.75, 3.05) is 20.3 Å². The largest absolute Gasteiger partial charge is 0.493 e. The number of nitrogens with zero attached hydrogens (tertiary/aromatic N) is 2. The van der Waals surface area contributed by atoms with E-state index < -0.39 is 0 Å². The molecule has 0 aliphatic rings. The molecule has 1 N–H and O–H groups in total. The zero-order valence-corrected chi connectivity index (χ0v) is 16.2. The summed E-state index contributed by atoms with van der Waals surface area (Å²) in [6, 6.07) is 12.2. The van der Waals surface area contributed by atoms with Gasteiger partial charge in [-0.3, -0.25) is 9.59 Å². The van der Waals surface area contributed by atoms with E-state index in [-0.39, 0.29) is 18.0 Å². The van der Waals surface area contributed by atoms with Gasteiger partial charge < -0.3 is 19.4 Å². The molecule has 0 bridgehead atoms. The smallest absolute Gasteiger partial charge is 0.258 e. The molecule has 3 rings (SSSR count). The molecule has 0 saturated heterocycles. The van der Waals surface area contributed by atoms with Crippen LogP contribution < -0.4 is 15.0 Å². The Labute approximate surface area is 162 Å². The van der Waals surface area contributed by atoms with Crippen molar-refractivity contribution >= 4 is 16.8 Å². The van der Waals surface area contributed by atoms with E-state index in [0.717, 1.165) is 0 Å². The predicted octanol–water partition coefficient (Wildman–Crippen LogP) is 2.99. The van der Waals surface area contributed by atoms with Crippen LogP contribution in [-0.2, 0) is 6.54 Å². The monoisotopic (exact) mass is 381 g/mol. The Morgan fingerprint density at radius 3 is 2.64 bits per heavy atom. The van der Waals surface area contributed by atoms with Crippen LogP contribution in [0.25, 0.3) is 10.9 Å². The summed E-state index contributed by atoms with van der Waals surface area (Å²) in [6.45, 7) is 4.93. The topological polar surface area (TPSA) is 84.5 Å². The van der Waals surface area contributed by atoms with E-state index in [2.05, 4.69) is 9.97 Å². The Hall–Kier alpha value is -3.35. The summed E-state index contributed by atoms with van der Waals surface area (Å²) >= 11 is 0. The van der Waals surface area contributed by atoms with Crippen LogP contribution in [0.15, 0.2) is 47.3 Å². The van der Waals surface area contributed by atoms with Crippen LogP contribution in [0.5, 0.6) is 11.5 Å². The molecule has 7 nitrogen and oxygen atoms in total. The first-order valence-electron chi connectivity index (χ1n) is 9.15. The van der Waals surface area contributed by atoms with Crippen LogP contribution in [0.4, 0.5) is 0 Å². The van der Waals surface area contributed by atoms with Gasteiger partial charge in [-0.2, -0.15) is 0 Å². The lowest BCUT2D eigenvalue weighted by Gasteiger charge is -2.21. The van der Waals surface area contributed by atoms with E-state index in [1.807, 2.05) is 19.9 Å². The highest BCUT2D eigenvalue weighted by atomic mass is 16.5. The Bertz CT molecular complexity index is 1050. The molecule has 0 atom stereocenters. The molecule has 0 unspecified atom stereocenters. The van der Waals surface area contributed by atoms with Crippen molar-refractivity contribution in [2.24, 2.45) is 0 Å². The van der Waals surface area contributed by atoms with Gasteiger partial charge in [0.2, 0.25) is 0 Å². The Balaban J connectivity index is 1.87. The van der Waals surface area contributed by atoms with Gasteiger partial charge >= 0.3 is 0 Å². The fourth-order valence-corrected chi connectivity index (χ4v) is 2.98. The van der Waals surface area contributed by atoms with Crippen LogP contribution in [0, 0.1) is 0 Å². The number of fused-ring (bicyclic) bond motifs is 1.